The summed E-state index contributed by atoms with van der Waals surface area (Å²) in [5.41, 5.74) is 0.190. The predicted octanol–water partition coefficient (Wildman–Crippen LogP) is 2.47. The van der Waals surface area contributed by atoms with Crippen LogP contribution in [0.1, 0.15) is 24.2 Å². The van der Waals surface area contributed by atoms with Crippen LogP contribution in [0.3, 0.4) is 0 Å². The molecular weight excluding hydrogens is 348 g/mol. The van der Waals surface area contributed by atoms with Gasteiger partial charge < -0.3 is 9.47 Å². The highest BCUT2D eigenvalue weighted by Crippen LogP contribution is 2.39. The van der Waals surface area contributed by atoms with Gasteiger partial charge in [-0.25, -0.2) is 8.42 Å². The highest BCUT2D eigenvalue weighted by atomic mass is 79.9. The molecule has 0 bridgehead atoms. The summed E-state index contributed by atoms with van der Waals surface area (Å²) in [5, 5.41) is 0. The molecule has 0 aliphatic carbocycles. The fourth-order valence-corrected chi connectivity index (χ4v) is 2.68. The van der Waals surface area contributed by atoms with Crippen LogP contribution in [0.5, 0.6) is 11.5 Å². The van der Waals surface area contributed by atoms with Gasteiger partial charge in [0.05, 0.1) is 19.8 Å². The number of carbonyl (C=O) groups excluding carboxylic acids is 1. The zero-order valence-corrected chi connectivity index (χ0v) is 14.4. The van der Waals surface area contributed by atoms with Crippen LogP contribution >= 0.6 is 15.9 Å². The molecule has 0 N–H and O–H groups in total. The molecule has 0 radical (unpaired) electrons. The average molecular weight is 365 g/mol. The van der Waals surface area contributed by atoms with Crippen molar-refractivity contribution in [3.8, 4) is 11.5 Å². The number of carbonyl (C=O) groups is 1. The van der Waals surface area contributed by atoms with Gasteiger partial charge in [-0.1, -0.05) is 0 Å². The molecule has 1 rings (SSSR count). The molecule has 0 amide bonds. The summed E-state index contributed by atoms with van der Waals surface area (Å²) in [4.78, 5) is 12.5. The smallest absolute Gasteiger partial charge is 0.187 e. The molecule has 0 aromatic heterocycles. The Labute approximate surface area is 127 Å². The van der Waals surface area contributed by atoms with Crippen LogP contribution in [0.25, 0.3) is 0 Å². The van der Waals surface area contributed by atoms with Crippen molar-refractivity contribution in [2.75, 3.05) is 20.5 Å². The summed E-state index contributed by atoms with van der Waals surface area (Å²) in [6.07, 6.45) is 1.04. The van der Waals surface area contributed by atoms with Gasteiger partial charge in [0.2, 0.25) is 0 Å². The lowest BCUT2D eigenvalue weighted by Gasteiger charge is -2.22. The van der Waals surface area contributed by atoms with Crippen LogP contribution < -0.4 is 9.47 Å². The summed E-state index contributed by atoms with van der Waals surface area (Å²) in [5.74, 6) is 0.224. The first-order valence-corrected chi connectivity index (χ1v) is 8.41. The van der Waals surface area contributed by atoms with Crippen LogP contribution in [0.2, 0.25) is 0 Å². The van der Waals surface area contributed by atoms with Gasteiger partial charge >= 0.3 is 0 Å². The van der Waals surface area contributed by atoms with E-state index in [0.29, 0.717) is 10.2 Å². The van der Waals surface area contributed by atoms with E-state index in [0.717, 1.165) is 6.26 Å². The van der Waals surface area contributed by atoms with Crippen LogP contribution in [-0.4, -0.2) is 39.4 Å². The second kappa shape index (κ2) is 5.73. The second-order valence-electron chi connectivity index (χ2n) is 4.77. The van der Waals surface area contributed by atoms with Crippen LogP contribution in [0, 0.1) is 0 Å². The van der Waals surface area contributed by atoms with Gasteiger partial charge in [-0.05, 0) is 41.9 Å². The van der Waals surface area contributed by atoms with Crippen LogP contribution in [0.15, 0.2) is 16.6 Å². The largest absolute Gasteiger partial charge is 0.495 e. The quantitative estimate of drug-likeness (QED) is 0.750. The lowest BCUT2D eigenvalue weighted by atomic mass is 9.99. The van der Waals surface area contributed by atoms with E-state index in [1.165, 1.54) is 34.1 Å². The minimum Gasteiger partial charge on any atom is -0.495 e. The van der Waals surface area contributed by atoms with E-state index in [9.17, 15) is 13.2 Å². The highest BCUT2D eigenvalue weighted by Gasteiger charge is 2.40. The van der Waals surface area contributed by atoms with Crippen molar-refractivity contribution in [1.29, 1.82) is 0 Å². The molecule has 0 aliphatic rings. The molecule has 0 saturated heterocycles. The summed E-state index contributed by atoms with van der Waals surface area (Å²) in [7, 11) is -0.661. The van der Waals surface area contributed by atoms with E-state index in [-0.39, 0.29) is 11.3 Å². The Morgan fingerprint density at radius 1 is 1.20 bits per heavy atom. The maximum absolute atomic E-state index is 12.5. The molecule has 7 heteroatoms. The summed E-state index contributed by atoms with van der Waals surface area (Å²) in [6, 6.07) is 3.08. The van der Waals surface area contributed by atoms with Gasteiger partial charge in [-0.15, -0.1) is 0 Å². The minimum atomic E-state index is -3.55. The highest BCUT2D eigenvalue weighted by molar-refractivity contribution is 9.10. The Morgan fingerprint density at radius 2 is 1.75 bits per heavy atom. The lowest BCUT2D eigenvalue weighted by molar-refractivity contribution is 0.0951. The zero-order valence-electron chi connectivity index (χ0n) is 12.0. The molecule has 0 heterocycles. The third-order valence-electron chi connectivity index (χ3n) is 3.20. The summed E-state index contributed by atoms with van der Waals surface area (Å²) >= 11 is 3.29. The first kappa shape index (κ1) is 17.0. The maximum Gasteiger partial charge on any atom is 0.187 e. The average Bonchev–Trinajstić information content (AvgIpc) is 2.36. The van der Waals surface area contributed by atoms with E-state index >= 15 is 0 Å². The molecule has 0 aliphatic heterocycles. The van der Waals surface area contributed by atoms with Gasteiger partial charge in [0.15, 0.2) is 15.6 Å². The first-order chi connectivity index (χ1) is 9.07. The number of ether oxygens (including phenoxy) is 2. The number of Topliss-reactive ketones (excluding diaryl/α,β-unsaturated/α-hetero) is 1. The Morgan fingerprint density at radius 3 is 2.15 bits per heavy atom. The van der Waals surface area contributed by atoms with E-state index in [1.54, 1.807) is 6.07 Å². The molecule has 1 aromatic rings. The SMILES string of the molecule is COc1ccc(C(=O)C(C)(C)S(C)(=O)=O)c(OC)c1Br. The fraction of sp³-hybridized carbons (Fsp3) is 0.462. The minimum absolute atomic E-state index is 0.190. The molecule has 0 unspecified atom stereocenters. The molecule has 1 aromatic carbocycles. The van der Waals surface area contributed by atoms with Crippen molar-refractivity contribution in [2.24, 2.45) is 0 Å². The van der Waals surface area contributed by atoms with Crippen molar-refractivity contribution in [2.45, 2.75) is 18.6 Å². The third-order valence-corrected chi connectivity index (χ3v) is 5.99. The molecule has 0 spiro atoms. The monoisotopic (exact) mass is 364 g/mol. The number of hydrogen-bond acceptors (Lipinski definition) is 5. The van der Waals surface area contributed by atoms with Gasteiger partial charge in [0.25, 0.3) is 0 Å². The van der Waals surface area contributed by atoms with Crippen molar-refractivity contribution in [3.63, 3.8) is 0 Å². The Balaban J connectivity index is 3.49. The standard InChI is InChI=1S/C13H17BrO5S/c1-13(2,20(5,16)17)12(15)8-6-7-9(18-3)10(14)11(8)19-4/h6-7H,1-5H3. The molecule has 0 atom stereocenters. The van der Waals surface area contributed by atoms with E-state index in [4.69, 9.17) is 9.47 Å². The molecular formula is C13H17BrO5S. The zero-order chi connectivity index (χ0) is 15.7. The van der Waals surface area contributed by atoms with E-state index in [2.05, 4.69) is 15.9 Å². The normalized spacial score (nSPS) is 12.1. The van der Waals surface area contributed by atoms with E-state index < -0.39 is 20.4 Å². The van der Waals surface area contributed by atoms with Crippen molar-refractivity contribution < 1.29 is 22.7 Å². The lowest BCUT2D eigenvalue weighted by Crippen LogP contribution is -2.40. The fourth-order valence-electron chi connectivity index (χ4n) is 1.57. The molecule has 0 saturated carbocycles. The molecule has 0 fully saturated rings. The number of halogens is 1. The number of benzene rings is 1. The van der Waals surface area contributed by atoms with Crippen molar-refractivity contribution in [3.05, 3.63) is 22.2 Å². The molecule has 5 nitrogen and oxygen atoms in total. The Bertz CT molecular complexity index is 634. The van der Waals surface area contributed by atoms with Crippen LogP contribution in [0.4, 0.5) is 0 Å². The molecule has 20 heavy (non-hydrogen) atoms. The van der Waals surface area contributed by atoms with Gasteiger partial charge in [0.1, 0.15) is 20.7 Å². The predicted molar refractivity (Wildman–Crippen MR) is 80.5 cm³/mol. The molecule has 112 valence electrons. The number of methoxy groups -OCH3 is 2. The number of ketones is 1. The topological polar surface area (TPSA) is 69.7 Å². The van der Waals surface area contributed by atoms with Gasteiger partial charge in [-0.2, -0.15) is 0 Å². The second-order valence-corrected chi connectivity index (χ2v) is 8.13. The maximum atomic E-state index is 12.5. The van der Waals surface area contributed by atoms with Gasteiger partial charge in [-0.3, -0.25) is 4.79 Å². The van der Waals surface area contributed by atoms with Crippen molar-refractivity contribution >= 4 is 31.6 Å². The Kier molecular flexibility index (Phi) is 4.86. The summed E-state index contributed by atoms with van der Waals surface area (Å²) in [6.45, 7) is 2.75. The van der Waals surface area contributed by atoms with E-state index in [1.807, 2.05) is 0 Å². The van der Waals surface area contributed by atoms with Crippen molar-refractivity contribution in [1.82, 2.24) is 0 Å². The first-order valence-electron chi connectivity index (χ1n) is 5.72. The van der Waals surface area contributed by atoms with Crippen LogP contribution in [-0.2, 0) is 9.84 Å². The van der Waals surface area contributed by atoms with Gasteiger partial charge in [0, 0.05) is 6.26 Å². The summed E-state index contributed by atoms with van der Waals surface area (Å²) < 4.78 is 32.8. The number of sulfone groups is 1. The number of rotatable bonds is 5. The third kappa shape index (κ3) is 2.83. The number of hydrogen-bond donors (Lipinski definition) is 0. The Hall–Kier alpha value is -1.08.